The highest BCUT2D eigenvalue weighted by Crippen LogP contribution is 2.19. The van der Waals surface area contributed by atoms with Gasteiger partial charge in [-0.25, -0.2) is 10.8 Å². The first-order valence-corrected chi connectivity index (χ1v) is 6.28. The van der Waals surface area contributed by atoms with Crippen LogP contribution in [0, 0.1) is 0 Å². The first-order valence-electron chi connectivity index (χ1n) is 5.29. The highest BCUT2D eigenvalue weighted by molar-refractivity contribution is 7.98. The van der Waals surface area contributed by atoms with Crippen LogP contribution in [0.4, 0.5) is 0 Å². The number of nitrogen functional groups attached to an aromatic ring is 1. The molecule has 0 aliphatic carbocycles. The highest BCUT2D eigenvalue weighted by Gasteiger charge is 2.07. The zero-order valence-corrected chi connectivity index (χ0v) is 10.4. The largest absolute Gasteiger partial charge is 0.289 e. The molecule has 6 heteroatoms. The maximum Gasteiger partial charge on any atom is 0.285 e. The van der Waals surface area contributed by atoms with Gasteiger partial charge in [-0.15, -0.1) is 11.8 Å². The Morgan fingerprint density at radius 3 is 2.78 bits per heavy atom. The molecule has 0 aliphatic rings. The number of hydrogen-bond donors (Lipinski definition) is 2. The molecule has 1 aromatic carbocycles. The lowest BCUT2D eigenvalue weighted by Crippen LogP contribution is -2.30. The minimum absolute atomic E-state index is 0.218. The molecule has 18 heavy (non-hydrogen) atoms. The van der Waals surface area contributed by atoms with Crippen molar-refractivity contribution in [3.63, 3.8) is 0 Å². The number of benzene rings is 1. The molecule has 0 atom stereocenters. The van der Waals surface area contributed by atoms with Crippen LogP contribution >= 0.6 is 11.8 Å². The number of thioether (sulfide) groups is 1. The van der Waals surface area contributed by atoms with E-state index in [4.69, 9.17) is 5.84 Å². The standard InChI is InChI=1S/C12H12N4OS/c13-16-12(17)10-6-14-7-11(15-10)18-8-9-4-2-1-3-5-9/h1-7H,8,13H2,(H,16,17). The third-order valence-electron chi connectivity index (χ3n) is 2.21. The van der Waals surface area contributed by atoms with Crippen molar-refractivity contribution in [1.29, 1.82) is 0 Å². The molecule has 0 bridgehead atoms. The fraction of sp³-hybridized carbons (Fsp3) is 0.0833. The van der Waals surface area contributed by atoms with E-state index in [1.807, 2.05) is 35.8 Å². The van der Waals surface area contributed by atoms with Gasteiger partial charge in [-0.1, -0.05) is 30.3 Å². The summed E-state index contributed by atoms with van der Waals surface area (Å²) in [5.41, 5.74) is 3.44. The molecule has 0 unspecified atom stereocenters. The van der Waals surface area contributed by atoms with Gasteiger partial charge in [0.25, 0.3) is 5.91 Å². The van der Waals surface area contributed by atoms with Crippen molar-refractivity contribution in [3.8, 4) is 0 Å². The summed E-state index contributed by atoms with van der Waals surface area (Å²) in [4.78, 5) is 19.4. The Balaban J connectivity index is 2.04. The zero-order valence-electron chi connectivity index (χ0n) is 9.54. The molecule has 0 saturated carbocycles. The van der Waals surface area contributed by atoms with Gasteiger partial charge in [-0.2, -0.15) is 0 Å². The van der Waals surface area contributed by atoms with Crippen molar-refractivity contribution in [2.24, 2.45) is 5.84 Å². The molecule has 0 spiro atoms. The van der Waals surface area contributed by atoms with Crippen LogP contribution in [0.15, 0.2) is 47.8 Å². The SMILES string of the molecule is NNC(=O)c1cncc(SCc2ccccc2)n1. The summed E-state index contributed by atoms with van der Waals surface area (Å²) in [7, 11) is 0. The first-order chi connectivity index (χ1) is 8.79. The Bertz CT molecular complexity index is 533. The topological polar surface area (TPSA) is 80.9 Å². The second kappa shape index (κ2) is 6.13. The van der Waals surface area contributed by atoms with Crippen LogP contribution in [-0.4, -0.2) is 15.9 Å². The Labute approximate surface area is 109 Å². The summed E-state index contributed by atoms with van der Waals surface area (Å²) < 4.78 is 0. The molecule has 1 amide bonds. The lowest BCUT2D eigenvalue weighted by Gasteiger charge is -2.03. The third-order valence-corrected chi connectivity index (χ3v) is 3.18. The minimum atomic E-state index is -0.440. The van der Waals surface area contributed by atoms with Crippen LogP contribution in [0.2, 0.25) is 0 Å². The molecular weight excluding hydrogens is 248 g/mol. The van der Waals surface area contributed by atoms with Gasteiger partial charge in [0, 0.05) is 5.75 Å². The molecule has 3 N–H and O–H groups in total. The van der Waals surface area contributed by atoms with Gasteiger partial charge < -0.3 is 0 Å². The van der Waals surface area contributed by atoms with E-state index in [0.29, 0.717) is 5.03 Å². The molecule has 2 rings (SSSR count). The maximum absolute atomic E-state index is 11.3. The van der Waals surface area contributed by atoms with Gasteiger partial charge in [0.1, 0.15) is 10.7 Å². The average Bonchev–Trinajstić information content (AvgIpc) is 2.45. The summed E-state index contributed by atoms with van der Waals surface area (Å²) in [6.45, 7) is 0. The number of amides is 1. The molecule has 0 radical (unpaired) electrons. The van der Waals surface area contributed by atoms with Crippen LogP contribution in [0.3, 0.4) is 0 Å². The number of carbonyl (C=O) groups excluding carboxylic acids is 1. The molecule has 1 aromatic heterocycles. The van der Waals surface area contributed by atoms with E-state index < -0.39 is 5.91 Å². The fourth-order valence-electron chi connectivity index (χ4n) is 1.33. The summed E-state index contributed by atoms with van der Waals surface area (Å²) in [6.07, 6.45) is 3.01. The van der Waals surface area contributed by atoms with Gasteiger partial charge in [0.05, 0.1) is 12.4 Å². The predicted octanol–water partition coefficient (Wildman–Crippen LogP) is 1.37. The van der Waals surface area contributed by atoms with E-state index in [-0.39, 0.29) is 5.69 Å². The van der Waals surface area contributed by atoms with Gasteiger partial charge in [0.2, 0.25) is 0 Å². The van der Waals surface area contributed by atoms with Crippen LogP contribution in [0.1, 0.15) is 16.1 Å². The summed E-state index contributed by atoms with van der Waals surface area (Å²) >= 11 is 1.52. The molecule has 0 aliphatic heterocycles. The number of nitrogens with two attached hydrogens (primary N) is 1. The van der Waals surface area contributed by atoms with Gasteiger partial charge in [-0.05, 0) is 5.56 Å². The Morgan fingerprint density at radius 1 is 1.28 bits per heavy atom. The van der Waals surface area contributed by atoms with Gasteiger partial charge in [-0.3, -0.25) is 15.2 Å². The van der Waals surface area contributed by atoms with Crippen molar-refractivity contribution in [1.82, 2.24) is 15.4 Å². The van der Waals surface area contributed by atoms with Crippen molar-refractivity contribution in [2.45, 2.75) is 10.8 Å². The van der Waals surface area contributed by atoms with Crippen molar-refractivity contribution >= 4 is 17.7 Å². The van der Waals surface area contributed by atoms with Gasteiger partial charge in [0.15, 0.2) is 0 Å². The average molecular weight is 260 g/mol. The minimum Gasteiger partial charge on any atom is -0.289 e. The molecule has 0 saturated heterocycles. The number of aromatic nitrogens is 2. The Morgan fingerprint density at radius 2 is 2.06 bits per heavy atom. The van der Waals surface area contributed by atoms with Crippen LogP contribution in [-0.2, 0) is 5.75 Å². The molecular formula is C12H12N4OS. The molecule has 2 aromatic rings. The van der Waals surface area contributed by atoms with E-state index in [2.05, 4.69) is 9.97 Å². The van der Waals surface area contributed by atoms with Crippen LogP contribution in [0.25, 0.3) is 0 Å². The zero-order chi connectivity index (χ0) is 12.8. The second-order valence-electron chi connectivity index (χ2n) is 3.49. The van der Waals surface area contributed by atoms with Crippen LogP contribution < -0.4 is 11.3 Å². The normalized spacial score (nSPS) is 10.1. The van der Waals surface area contributed by atoms with E-state index in [1.165, 1.54) is 23.5 Å². The van der Waals surface area contributed by atoms with Gasteiger partial charge >= 0.3 is 0 Å². The first kappa shape index (κ1) is 12.5. The number of hydrazine groups is 1. The molecule has 1 heterocycles. The summed E-state index contributed by atoms with van der Waals surface area (Å²) in [5, 5.41) is 0.694. The molecule has 0 fully saturated rings. The number of carbonyl (C=O) groups is 1. The number of nitrogens with one attached hydrogen (secondary N) is 1. The van der Waals surface area contributed by atoms with Crippen molar-refractivity contribution in [2.75, 3.05) is 0 Å². The number of rotatable bonds is 4. The van der Waals surface area contributed by atoms with Crippen LogP contribution in [0.5, 0.6) is 0 Å². The summed E-state index contributed by atoms with van der Waals surface area (Å²) in [6, 6.07) is 10.0. The summed E-state index contributed by atoms with van der Waals surface area (Å²) in [5.74, 6) is 5.39. The second-order valence-corrected chi connectivity index (χ2v) is 4.49. The monoisotopic (exact) mass is 260 g/mol. The number of hydrogen-bond acceptors (Lipinski definition) is 5. The fourth-order valence-corrected chi connectivity index (χ4v) is 2.14. The Hall–Kier alpha value is -1.92. The van der Waals surface area contributed by atoms with E-state index >= 15 is 0 Å². The maximum atomic E-state index is 11.3. The quantitative estimate of drug-likeness (QED) is 0.375. The van der Waals surface area contributed by atoms with E-state index in [1.54, 1.807) is 6.20 Å². The number of nitrogens with zero attached hydrogens (tertiary/aromatic N) is 2. The smallest absolute Gasteiger partial charge is 0.285 e. The van der Waals surface area contributed by atoms with E-state index in [0.717, 1.165) is 5.75 Å². The predicted molar refractivity (Wildman–Crippen MR) is 69.7 cm³/mol. The van der Waals surface area contributed by atoms with Crippen molar-refractivity contribution < 1.29 is 4.79 Å². The highest BCUT2D eigenvalue weighted by atomic mass is 32.2. The third kappa shape index (κ3) is 3.28. The molecule has 5 nitrogen and oxygen atoms in total. The Kier molecular flexibility index (Phi) is 4.27. The lowest BCUT2D eigenvalue weighted by atomic mass is 10.2. The van der Waals surface area contributed by atoms with E-state index in [9.17, 15) is 4.79 Å². The lowest BCUT2D eigenvalue weighted by molar-refractivity contribution is 0.0947. The van der Waals surface area contributed by atoms with Crippen molar-refractivity contribution in [3.05, 3.63) is 54.0 Å². The molecule has 92 valence electrons.